The minimum Gasteiger partial charge on any atom is -0.369 e. The molecule has 10 nitrogen and oxygen atoms in total. The third kappa shape index (κ3) is 10.1. The summed E-state index contributed by atoms with van der Waals surface area (Å²) in [6, 6.07) is 33.1. The number of nitrogens with two attached hydrogens (primary N) is 2. The Kier molecular flexibility index (Phi) is 12.8. The molecule has 12 heteroatoms. The predicted molar refractivity (Wildman–Crippen MR) is 230 cm³/mol. The largest absolute Gasteiger partial charge is 0.369 e. The van der Waals surface area contributed by atoms with Crippen LogP contribution in [-0.4, -0.2) is 58.2 Å². The van der Waals surface area contributed by atoms with E-state index in [4.69, 9.17) is 20.5 Å². The predicted octanol–water partition coefficient (Wildman–Crippen LogP) is 10.1. The molecule has 0 saturated carbocycles. The first-order valence-electron chi connectivity index (χ1n) is 20.4. The fraction of sp³-hybridized carbons (Fsp3) is 0.319. The third-order valence-electron chi connectivity index (χ3n) is 11.2. The molecule has 2 saturated heterocycles. The van der Waals surface area contributed by atoms with Gasteiger partial charge in [0.05, 0.1) is 11.4 Å². The summed E-state index contributed by atoms with van der Waals surface area (Å²) < 4.78 is 38.8. The molecule has 0 spiro atoms. The Labute approximate surface area is 344 Å². The maximum absolute atomic E-state index is 14.1. The zero-order valence-corrected chi connectivity index (χ0v) is 34.0. The lowest BCUT2D eigenvalue weighted by molar-refractivity contribution is 0.337. The lowest BCUT2D eigenvalue weighted by Gasteiger charge is -2.27. The van der Waals surface area contributed by atoms with Crippen molar-refractivity contribution in [2.24, 2.45) is 21.5 Å². The monoisotopic (exact) mass is 798 g/mol. The summed E-state index contributed by atoms with van der Waals surface area (Å²) in [4.78, 5) is 12.9. The topological polar surface area (TPSA) is 135 Å². The SMILES string of the molecule is CC(C)(c1ccc(-c2ccccc2F)cc1)c1cc(N=C(N)N2CCCCC2)on1.CC(Cc1ccc(-c2ccccc2F)cc1)c1cc(N=C(N)N2CCCC2)on1. The summed E-state index contributed by atoms with van der Waals surface area (Å²) in [5.74, 6) is 1.53. The smallest absolute Gasteiger partial charge is 0.253 e. The van der Waals surface area contributed by atoms with Gasteiger partial charge in [-0.2, -0.15) is 9.98 Å². The summed E-state index contributed by atoms with van der Waals surface area (Å²) >= 11 is 0. The average Bonchev–Trinajstić information content (AvgIpc) is 4.06. The number of rotatable bonds is 9. The molecule has 2 aliphatic heterocycles. The highest BCUT2D eigenvalue weighted by molar-refractivity contribution is 5.81. The molecular formula is C47H52F2N8O2. The molecule has 6 aromatic rings. The number of hydrogen-bond donors (Lipinski definition) is 2. The van der Waals surface area contributed by atoms with Gasteiger partial charge in [0.2, 0.25) is 0 Å². The van der Waals surface area contributed by atoms with Crippen molar-refractivity contribution >= 4 is 23.7 Å². The fourth-order valence-electron chi connectivity index (χ4n) is 7.50. The van der Waals surface area contributed by atoms with Gasteiger partial charge in [-0.05, 0) is 72.9 Å². The molecule has 1 atom stereocenters. The number of aromatic nitrogens is 2. The van der Waals surface area contributed by atoms with Crippen LogP contribution < -0.4 is 11.5 Å². The molecule has 4 N–H and O–H groups in total. The quantitative estimate of drug-likeness (QED) is 0.109. The molecular weight excluding hydrogens is 747 g/mol. The second-order valence-corrected chi connectivity index (χ2v) is 15.8. The zero-order valence-electron chi connectivity index (χ0n) is 34.0. The van der Waals surface area contributed by atoms with E-state index in [0.717, 1.165) is 91.9 Å². The Morgan fingerprint density at radius 3 is 1.68 bits per heavy atom. The van der Waals surface area contributed by atoms with E-state index in [-0.39, 0.29) is 17.6 Å². The van der Waals surface area contributed by atoms with Crippen molar-refractivity contribution in [2.45, 2.75) is 70.6 Å². The van der Waals surface area contributed by atoms with E-state index in [9.17, 15) is 8.78 Å². The highest BCUT2D eigenvalue weighted by Crippen LogP contribution is 2.35. The maximum atomic E-state index is 14.1. The highest BCUT2D eigenvalue weighted by Gasteiger charge is 2.28. The van der Waals surface area contributed by atoms with Gasteiger partial charge in [0.25, 0.3) is 11.8 Å². The Morgan fingerprint density at radius 1 is 0.661 bits per heavy atom. The molecule has 2 aromatic heterocycles. The normalized spacial score (nSPS) is 15.5. The van der Waals surface area contributed by atoms with Crippen molar-refractivity contribution < 1.29 is 17.8 Å². The van der Waals surface area contributed by atoms with Crippen LogP contribution in [-0.2, 0) is 11.8 Å². The van der Waals surface area contributed by atoms with Crippen molar-refractivity contribution in [2.75, 3.05) is 26.2 Å². The second kappa shape index (κ2) is 18.5. The van der Waals surface area contributed by atoms with E-state index >= 15 is 0 Å². The number of halogens is 2. The molecule has 1 unspecified atom stereocenters. The molecule has 8 rings (SSSR count). The lowest BCUT2D eigenvalue weighted by Crippen LogP contribution is -2.40. The van der Waals surface area contributed by atoms with Crippen molar-refractivity contribution in [3.8, 4) is 22.3 Å². The number of hydrogen-bond acceptors (Lipinski definition) is 6. The fourth-order valence-corrected chi connectivity index (χ4v) is 7.50. The van der Waals surface area contributed by atoms with Gasteiger partial charge in [-0.15, -0.1) is 0 Å². The second-order valence-electron chi connectivity index (χ2n) is 15.8. The highest BCUT2D eigenvalue weighted by atomic mass is 19.1. The number of guanidine groups is 2. The standard InChI is InChI=1S/C24H27FN4O.C23H25FN4O/c1-24(2,18-12-10-17(11-13-18)19-8-4-5-9-20(19)25)21-16-22(30-28-21)27-23(26)29-14-6-3-7-15-29;1-16(21-15-22(29-27-21)26-23(25)28-12-4-5-13-28)14-17-8-10-18(11-9-17)19-6-2-3-7-20(19)24/h4-5,8-13,16H,3,6-7,14-15H2,1-2H3,(H2,26,27);2-3,6-11,15-16H,4-5,12-14H2,1H3,(H2,25,26). The molecule has 0 bridgehead atoms. The van der Waals surface area contributed by atoms with Crippen molar-refractivity contribution in [3.05, 3.63) is 143 Å². The van der Waals surface area contributed by atoms with Gasteiger partial charge in [0.15, 0.2) is 11.9 Å². The van der Waals surface area contributed by atoms with Crippen molar-refractivity contribution in [1.82, 2.24) is 20.1 Å². The van der Waals surface area contributed by atoms with Gasteiger partial charge in [-0.1, -0.05) is 116 Å². The number of aliphatic imine (C=N–C) groups is 2. The van der Waals surface area contributed by atoms with E-state index in [1.54, 1.807) is 24.3 Å². The summed E-state index contributed by atoms with van der Waals surface area (Å²) in [6.07, 6.45) is 6.59. The van der Waals surface area contributed by atoms with Crippen LogP contribution in [0.25, 0.3) is 22.3 Å². The Hall–Kier alpha value is -6.30. The van der Waals surface area contributed by atoms with Crippen LogP contribution in [0, 0.1) is 11.6 Å². The minimum absolute atomic E-state index is 0.162. The van der Waals surface area contributed by atoms with E-state index < -0.39 is 5.41 Å². The molecule has 4 aromatic carbocycles. The summed E-state index contributed by atoms with van der Waals surface area (Å²) in [6.45, 7) is 9.98. The molecule has 306 valence electrons. The number of likely N-dealkylation sites (tertiary alicyclic amines) is 2. The van der Waals surface area contributed by atoms with Crippen LogP contribution in [0.1, 0.15) is 81.3 Å². The number of piperidine rings is 1. The Bertz CT molecular complexity index is 2360. The average molecular weight is 799 g/mol. The number of benzene rings is 4. The maximum Gasteiger partial charge on any atom is 0.253 e. The first-order valence-corrected chi connectivity index (χ1v) is 20.4. The molecule has 4 heterocycles. The van der Waals surface area contributed by atoms with Gasteiger partial charge in [0.1, 0.15) is 11.6 Å². The van der Waals surface area contributed by atoms with Crippen molar-refractivity contribution in [3.63, 3.8) is 0 Å². The molecule has 2 aliphatic rings. The summed E-state index contributed by atoms with van der Waals surface area (Å²) in [7, 11) is 0. The van der Waals surface area contributed by atoms with E-state index in [0.29, 0.717) is 34.8 Å². The van der Waals surface area contributed by atoms with Gasteiger partial charge < -0.3 is 30.3 Å². The molecule has 0 aliphatic carbocycles. The van der Waals surface area contributed by atoms with E-state index in [2.05, 4.69) is 50.9 Å². The molecule has 0 radical (unpaired) electrons. The van der Waals surface area contributed by atoms with Crippen LogP contribution in [0.5, 0.6) is 0 Å². The third-order valence-corrected chi connectivity index (χ3v) is 11.2. The van der Waals surface area contributed by atoms with E-state index in [1.807, 2.05) is 72.8 Å². The minimum atomic E-state index is -0.398. The Morgan fingerprint density at radius 2 is 1.14 bits per heavy atom. The van der Waals surface area contributed by atoms with Gasteiger partial charge in [-0.25, -0.2) is 8.78 Å². The zero-order chi connectivity index (χ0) is 41.4. The van der Waals surface area contributed by atoms with Gasteiger partial charge >= 0.3 is 0 Å². The van der Waals surface area contributed by atoms with Crippen LogP contribution in [0.15, 0.2) is 128 Å². The van der Waals surface area contributed by atoms with Gasteiger partial charge in [-0.3, -0.25) is 0 Å². The lowest BCUT2D eigenvalue weighted by atomic mass is 9.81. The van der Waals surface area contributed by atoms with Gasteiger partial charge in [0, 0.05) is 60.8 Å². The van der Waals surface area contributed by atoms with Crippen LogP contribution in [0.3, 0.4) is 0 Å². The molecule has 0 amide bonds. The molecule has 59 heavy (non-hydrogen) atoms. The van der Waals surface area contributed by atoms with Crippen LogP contribution >= 0.6 is 0 Å². The first-order chi connectivity index (χ1) is 28.5. The number of nitrogens with zero attached hydrogens (tertiary/aromatic N) is 6. The van der Waals surface area contributed by atoms with Crippen LogP contribution in [0.4, 0.5) is 20.5 Å². The summed E-state index contributed by atoms with van der Waals surface area (Å²) in [5.41, 5.74) is 18.5. The molecule has 2 fully saturated rings. The Balaban J connectivity index is 0.000000179. The van der Waals surface area contributed by atoms with Crippen molar-refractivity contribution in [1.29, 1.82) is 0 Å². The van der Waals surface area contributed by atoms with Crippen LogP contribution in [0.2, 0.25) is 0 Å². The summed E-state index contributed by atoms with van der Waals surface area (Å²) in [5, 5.41) is 8.40. The first kappa shape index (κ1) is 40.9. The van der Waals surface area contributed by atoms with E-state index in [1.165, 1.54) is 18.6 Å².